The van der Waals surface area contributed by atoms with Crippen molar-refractivity contribution in [3.05, 3.63) is 11.7 Å². The van der Waals surface area contributed by atoms with Gasteiger partial charge in [-0.05, 0) is 12.8 Å². The van der Waals surface area contributed by atoms with E-state index in [1.165, 1.54) is 0 Å². The number of nitrogens with zero attached hydrogens (tertiary/aromatic N) is 4. The molecule has 7 nitrogen and oxygen atoms in total. The predicted molar refractivity (Wildman–Crippen MR) is 68.9 cm³/mol. The number of aryl methyl sites for hydroxylation is 1. The first-order valence-corrected chi connectivity index (χ1v) is 7.09. The Labute approximate surface area is 116 Å². The monoisotopic (exact) mass is 278 g/mol. The van der Waals surface area contributed by atoms with Gasteiger partial charge in [0.25, 0.3) is 0 Å². The number of carbonyl (C=O) groups excluding carboxylic acids is 2. The number of carbonyl (C=O) groups is 2. The van der Waals surface area contributed by atoms with Gasteiger partial charge in [0, 0.05) is 38.5 Å². The van der Waals surface area contributed by atoms with Crippen molar-refractivity contribution >= 4 is 11.8 Å². The van der Waals surface area contributed by atoms with E-state index in [-0.39, 0.29) is 23.6 Å². The summed E-state index contributed by atoms with van der Waals surface area (Å²) >= 11 is 0. The van der Waals surface area contributed by atoms with Crippen LogP contribution in [-0.4, -0.2) is 57.9 Å². The zero-order valence-corrected chi connectivity index (χ0v) is 11.5. The Balaban J connectivity index is 1.57. The molecule has 0 atom stereocenters. The van der Waals surface area contributed by atoms with Crippen LogP contribution in [0.1, 0.15) is 36.3 Å². The molecule has 2 heterocycles. The number of hydrogen-bond donors (Lipinski definition) is 0. The van der Waals surface area contributed by atoms with E-state index >= 15 is 0 Å². The molecule has 108 valence electrons. The zero-order valence-electron chi connectivity index (χ0n) is 11.5. The molecule has 1 aliphatic carbocycles. The largest absolute Gasteiger partial charge is 0.339 e. The highest BCUT2D eigenvalue weighted by atomic mass is 16.5. The van der Waals surface area contributed by atoms with Gasteiger partial charge in [0.15, 0.2) is 5.82 Å². The van der Waals surface area contributed by atoms with Crippen molar-refractivity contribution in [2.45, 2.75) is 26.2 Å². The summed E-state index contributed by atoms with van der Waals surface area (Å²) < 4.78 is 4.96. The van der Waals surface area contributed by atoms with Gasteiger partial charge in [0.1, 0.15) is 0 Å². The lowest BCUT2D eigenvalue weighted by Crippen LogP contribution is -2.51. The van der Waals surface area contributed by atoms with Crippen molar-refractivity contribution in [2.75, 3.05) is 26.2 Å². The maximum atomic E-state index is 12.2. The summed E-state index contributed by atoms with van der Waals surface area (Å²) in [7, 11) is 0. The van der Waals surface area contributed by atoms with E-state index in [1.54, 1.807) is 4.90 Å². The highest BCUT2D eigenvalue weighted by Gasteiger charge is 2.35. The second-order valence-corrected chi connectivity index (χ2v) is 5.26. The van der Waals surface area contributed by atoms with E-state index in [9.17, 15) is 9.59 Å². The van der Waals surface area contributed by atoms with Crippen molar-refractivity contribution in [3.63, 3.8) is 0 Å². The van der Waals surface area contributed by atoms with Crippen LogP contribution >= 0.6 is 0 Å². The Morgan fingerprint density at radius 1 is 1.20 bits per heavy atom. The molecular formula is C13H18N4O3. The van der Waals surface area contributed by atoms with Crippen molar-refractivity contribution in [3.8, 4) is 0 Å². The van der Waals surface area contributed by atoms with Crippen molar-refractivity contribution < 1.29 is 14.1 Å². The van der Waals surface area contributed by atoms with Gasteiger partial charge >= 0.3 is 11.8 Å². The van der Waals surface area contributed by atoms with Crippen LogP contribution in [0.15, 0.2) is 4.52 Å². The molecule has 0 radical (unpaired) electrons. The fourth-order valence-electron chi connectivity index (χ4n) is 2.34. The van der Waals surface area contributed by atoms with Crippen LogP contribution < -0.4 is 0 Å². The highest BCUT2D eigenvalue weighted by molar-refractivity contribution is 5.90. The summed E-state index contributed by atoms with van der Waals surface area (Å²) in [6.45, 7) is 4.15. The lowest BCUT2D eigenvalue weighted by Gasteiger charge is -2.34. The SMILES string of the molecule is CCc1noc(C(=O)N2CCN(C(=O)C3CC3)CC2)n1. The topological polar surface area (TPSA) is 79.5 Å². The van der Waals surface area contributed by atoms with Crippen LogP contribution in [0, 0.1) is 5.92 Å². The van der Waals surface area contributed by atoms with Gasteiger partial charge in [-0.15, -0.1) is 0 Å². The lowest BCUT2D eigenvalue weighted by atomic mass is 10.2. The molecular weight excluding hydrogens is 260 g/mol. The van der Waals surface area contributed by atoms with E-state index in [0.717, 1.165) is 12.8 Å². The molecule has 7 heteroatoms. The van der Waals surface area contributed by atoms with E-state index in [4.69, 9.17) is 4.52 Å². The second kappa shape index (κ2) is 5.22. The number of rotatable bonds is 3. The summed E-state index contributed by atoms with van der Waals surface area (Å²) in [5.74, 6) is 0.818. The molecule has 2 amide bonds. The van der Waals surface area contributed by atoms with E-state index in [1.807, 2.05) is 11.8 Å². The number of piperazine rings is 1. The average molecular weight is 278 g/mol. The fourth-order valence-corrected chi connectivity index (χ4v) is 2.34. The highest BCUT2D eigenvalue weighted by Crippen LogP contribution is 2.31. The molecule has 1 aromatic heterocycles. The first kappa shape index (κ1) is 13.1. The molecule has 0 bridgehead atoms. The summed E-state index contributed by atoms with van der Waals surface area (Å²) in [5, 5.41) is 3.73. The molecule has 0 aromatic carbocycles. The molecule has 3 rings (SSSR count). The van der Waals surface area contributed by atoms with Crippen LogP contribution in [0.3, 0.4) is 0 Å². The van der Waals surface area contributed by atoms with E-state index < -0.39 is 0 Å². The summed E-state index contributed by atoms with van der Waals surface area (Å²) in [5.41, 5.74) is 0. The van der Waals surface area contributed by atoms with Crippen molar-refractivity contribution in [1.29, 1.82) is 0 Å². The molecule has 20 heavy (non-hydrogen) atoms. The molecule has 0 spiro atoms. The van der Waals surface area contributed by atoms with Crippen LogP contribution in [0.2, 0.25) is 0 Å². The van der Waals surface area contributed by atoms with Gasteiger partial charge in [-0.3, -0.25) is 9.59 Å². The predicted octanol–water partition coefficient (Wildman–Crippen LogP) is 0.326. The van der Waals surface area contributed by atoms with Gasteiger partial charge in [0.05, 0.1) is 0 Å². The minimum Gasteiger partial charge on any atom is -0.339 e. The Bertz CT molecular complexity index is 515. The van der Waals surface area contributed by atoms with Crippen LogP contribution in [0.4, 0.5) is 0 Å². The Morgan fingerprint density at radius 2 is 1.85 bits per heavy atom. The second-order valence-electron chi connectivity index (χ2n) is 5.26. The number of amides is 2. The maximum absolute atomic E-state index is 12.2. The first-order valence-electron chi connectivity index (χ1n) is 7.09. The van der Waals surface area contributed by atoms with Gasteiger partial charge < -0.3 is 14.3 Å². The lowest BCUT2D eigenvalue weighted by molar-refractivity contribution is -0.134. The standard InChI is InChI=1S/C13H18N4O3/c1-2-10-14-11(20-15-10)13(19)17-7-5-16(6-8-17)12(18)9-3-4-9/h9H,2-8H2,1H3. The molecule has 2 fully saturated rings. The molecule has 1 aliphatic heterocycles. The quantitative estimate of drug-likeness (QED) is 0.796. The molecule has 0 unspecified atom stereocenters. The molecule has 1 saturated carbocycles. The van der Waals surface area contributed by atoms with Crippen molar-refractivity contribution in [1.82, 2.24) is 19.9 Å². The average Bonchev–Trinajstić information content (AvgIpc) is 3.23. The third-order valence-corrected chi connectivity index (χ3v) is 3.77. The smallest absolute Gasteiger partial charge is 0.316 e. The fraction of sp³-hybridized carbons (Fsp3) is 0.692. The molecule has 0 N–H and O–H groups in total. The summed E-state index contributed by atoms with van der Waals surface area (Å²) in [4.78, 5) is 31.7. The van der Waals surface area contributed by atoms with Gasteiger partial charge in [-0.25, -0.2) is 0 Å². The van der Waals surface area contributed by atoms with Gasteiger partial charge in [-0.1, -0.05) is 12.1 Å². The number of hydrogen-bond acceptors (Lipinski definition) is 5. The normalized spacial score (nSPS) is 19.2. The Morgan fingerprint density at radius 3 is 2.40 bits per heavy atom. The van der Waals surface area contributed by atoms with Crippen LogP contribution in [0.5, 0.6) is 0 Å². The first-order chi connectivity index (χ1) is 9.69. The van der Waals surface area contributed by atoms with E-state index in [2.05, 4.69) is 10.1 Å². The third kappa shape index (κ3) is 2.52. The maximum Gasteiger partial charge on any atom is 0.316 e. The van der Waals surface area contributed by atoms with Crippen molar-refractivity contribution in [2.24, 2.45) is 5.92 Å². The summed E-state index contributed by atoms with van der Waals surface area (Å²) in [6, 6.07) is 0. The minimum absolute atomic E-state index is 0.0452. The van der Waals surface area contributed by atoms with Gasteiger partial charge in [-0.2, -0.15) is 4.98 Å². The minimum atomic E-state index is -0.240. The number of aromatic nitrogens is 2. The summed E-state index contributed by atoms with van der Waals surface area (Å²) in [6.07, 6.45) is 2.67. The molecule has 1 aromatic rings. The Kier molecular flexibility index (Phi) is 3.42. The van der Waals surface area contributed by atoms with E-state index in [0.29, 0.717) is 38.4 Å². The van der Waals surface area contributed by atoms with Crippen LogP contribution in [-0.2, 0) is 11.2 Å². The van der Waals surface area contributed by atoms with Crippen LogP contribution in [0.25, 0.3) is 0 Å². The molecule has 2 aliphatic rings. The van der Waals surface area contributed by atoms with Gasteiger partial charge in [0.2, 0.25) is 5.91 Å². The molecule has 1 saturated heterocycles. The Hall–Kier alpha value is -1.92. The zero-order chi connectivity index (χ0) is 14.1. The third-order valence-electron chi connectivity index (χ3n) is 3.77.